The first kappa shape index (κ1) is 14.3. The zero-order valence-corrected chi connectivity index (χ0v) is 12.4. The molecule has 2 heterocycles. The second-order valence-electron chi connectivity index (χ2n) is 5.97. The van der Waals surface area contributed by atoms with Crippen molar-refractivity contribution >= 4 is 10.0 Å². The summed E-state index contributed by atoms with van der Waals surface area (Å²) in [6, 6.07) is 0. The van der Waals surface area contributed by atoms with Crippen LogP contribution in [0.5, 0.6) is 0 Å². The summed E-state index contributed by atoms with van der Waals surface area (Å²) in [5.74, 6) is 1.37. The van der Waals surface area contributed by atoms with Crippen LogP contribution in [0, 0.1) is 11.8 Å². The van der Waals surface area contributed by atoms with Gasteiger partial charge in [-0.05, 0) is 50.6 Å². The molecule has 0 aromatic rings. The van der Waals surface area contributed by atoms with E-state index in [-0.39, 0.29) is 5.25 Å². The molecule has 0 atom stereocenters. The summed E-state index contributed by atoms with van der Waals surface area (Å²) in [5.41, 5.74) is 0. The van der Waals surface area contributed by atoms with Crippen LogP contribution in [0.1, 0.15) is 39.5 Å². The highest BCUT2D eigenvalue weighted by Gasteiger charge is 2.35. The first-order valence-electron chi connectivity index (χ1n) is 7.21. The van der Waals surface area contributed by atoms with E-state index in [0.717, 1.165) is 51.9 Å². The van der Waals surface area contributed by atoms with Crippen molar-refractivity contribution in [3.8, 4) is 0 Å². The first-order valence-corrected chi connectivity index (χ1v) is 8.72. The Hall–Kier alpha value is -0.130. The van der Waals surface area contributed by atoms with Crippen LogP contribution >= 0.6 is 0 Å². The summed E-state index contributed by atoms with van der Waals surface area (Å²) in [7, 11) is -3.04. The van der Waals surface area contributed by atoms with Crippen molar-refractivity contribution in [2.45, 2.75) is 44.8 Å². The standard InChI is InChI=1S/C13H26N2O2S/c1-11(2)12-5-9-15(10-6-12)18(16,17)13-3-7-14-8-4-13/h11-14H,3-10H2,1-2H3. The van der Waals surface area contributed by atoms with Crippen molar-refractivity contribution in [3.63, 3.8) is 0 Å². The molecule has 18 heavy (non-hydrogen) atoms. The van der Waals surface area contributed by atoms with Gasteiger partial charge in [0.05, 0.1) is 5.25 Å². The Kier molecular flexibility index (Phi) is 4.67. The molecule has 0 aromatic heterocycles. The molecule has 0 spiro atoms. The molecule has 0 aliphatic carbocycles. The minimum atomic E-state index is -3.04. The first-order chi connectivity index (χ1) is 8.51. The third-order valence-corrected chi connectivity index (χ3v) is 6.91. The summed E-state index contributed by atoms with van der Waals surface area (Å²) in [6.07, 6.45) is 3.60. The fraction of sp³-hybridized carbons (Fsp3) is 1.00. The van der Waals surface area contributed by atoms with Crippen LogP contribution in [0.15, 0.2) is 0 Å². The van der Waals surface area contributed by atoms with E-state index in [1.54, 1.807) is 4.31 Å². The van der Waals surface area contributed by atoms with E-state index >= 15 is 0 Å². The maximum Gasteiger partial charge on any atom is 0.217 e. The molecule has 0 unspecified atom stereocenters. The van der Waals surface area contributed by atoms with Crippen LogP contribution in [0.4, 0.5) is 0 Å². The van der Waals surface area contributed by atoms with Gasteiger partial charge < -0.3 is 5.32 Å². The van der Waals surface area contributed by atoms with Gasteiger partial charge >= 0.3 is 0 Å². The van der Waals surface area contributed by atoms with Crippen LogP contribution in [0.2, 0.25) is 0 Å². The Balaban J connectivity index is 1.95. The molecule has 4 nitrogen and oxygen atoms in total. The van der Waals surface area contributed by atoms with Crippen molar-refractivity contribution in [3.05, 3.63) is 0 Å². The quantitative estimate of drug-likeness (QED) is 0.847. The van der Waals surface area contributed by atoms with E-state index in [1.165, 1.54) is 0 Å². The number of piperidine rings is 2. The van der Waals surface area contributed by atoms with Crippen LogP contribution in [-0.2, 0) is 10.0 Å². The minimum absolute atomic E-state index is 0.144. The number of hydrogen-bond acceptors (Lipinski definition) is 3. The molecular formula is C13H26N2O2S. The van der Waals surface area contributed by atoms with Gasteiger partial charge in [-0.3, -0.25) is 0 Å². The molecule has 0 aromatic carbocycles. The molecule has 5 heteroatoms. The molecule has 2 saturated heterocycles. The monoisotopic (exact) mass is 274 g/mol. The van der Waals surface area contributed by atoms with Gasteiger partial charge in [-0.15, -0.1) is 0 Å². The van der Waals surface area contributed by atoms with Crippen molar-refractivity contribution in [1.82, 2.24) is 9.62 Å². The average molecular weight is 274 g/mol. The summed E-state index contributed by atoms with van der Waals surface area (Å²) < 4.78 is 26.8. The number of hydrogen-bond donors (Lipinski definition) is 1. The fourth-order valence-corrected chi connectivity index (χ4v) is 5.07. The van der Waals surface area contributed by atoms with Crippen LogP contribution < -0.4 is 5.32 Å². The van der Waals surface area contributed by atoms with E-state index in [4.69, 9.17) is 0 Å². The molecule has 1 N–H and O–H groups in total. The normalized spacial score (nSPS) is 25.7. The lowest BCUT2D eigenvalue weighted by atomic mass is 9.87. The van der Waals surface area contributed by atoms with Crippen molar-refractivity contribution in [2.75, 3.05) is 26.2 Å². The van der Waals surface area contributed by atoms with E-state index in [2.05, 4.69) is 19.2 Å². The zero-order valence-electron chi connectivity index (χ0n) is 11.6. The molecule has 2 aliphatic rings. The van der Waals surface area contributed by atoms with E-state index < -0.39 is 10.0 Å². The molecule has 106 valence electrons. The lowest BCUT2D eigenvalue weighted by molar-refractivity contribution is 0.224. The molecule has 2 aliphatic heterocycles. The maximum absolute atomic E-state index is 12.5. The molecule has 2 rings (SSSR count). The largest absolute Gasteiger partial charge is 0.317 e. The summed E-state index contributed by atoms with van der Waals surface area (Å²) >= 11 is 0. The van der Waals surface area contributed by atoms with Gasteiger partial charge in [-0.2, -0.15) is 0 Å². The molecule has 0 bridgehead atoms. The van der Waals surface area contributed by atoms with Gasteiger partial charge in [-0.1, -0.05) is 13.8 Å². The highest BCUT2D eigenvalue weighted by atomic mass is 32.2. The summed E-state index contributed by atoms with van der Waals surface area (Å²) in [6.45, 7) is 7.62. The van der Waals surface area contributed by atoms with Gasteiger partial charge in [0, 0.05) is 13.1 Å². The minimum Gasteiger partial charge on any atom is -0.317 e. The predicted octanol–water partition coefficient (Wildman–Crippen LogP) is 1.44. The Morgan fingerprint density at radius 3 is 2.11 bits per heavy atom. The van der Waals surface area contributed by atoms with Crippen molar-refractivity contribution in [1.29, 1.82) is 0 Å². The second kappa shape index (κ2) is 5.88. The van der Waals surface area contributed by atoms with Gasteiger partial charge in [0.25, 0.3) is 0 Å². The van der Waals surface area contributed by atoms with E-state index in [9.17, 15) is 8.42 Å². The number of nitrogens with one attached hydrogen (secondary N) is 1. The number of nitrogens with zero attached hydrogens (tertiary/aromatic N) is 1. The summed E-state index contributed by atoms with van der Waals surface area (Å²) in [4.78, 5) is 0. The zero-order chi connectivity index (χ0) is 13.2. The van der Waals surface area contributed by atoms with E-state index in [0.29, 0.717) is 11.8 Å². The third-order valence-electron chi connectivity index (χ3n) is 4.51. The second-order valence-corrected chi connectivity index (χ2v) is 8.19. The number of sulfonamides is 1. The number of rotatable bonds is 3. The SMILES string of the molecule is CC(C)C1CCN(S(=O)(=O)C2CCNCC2)CC1. The van der Waals surface area contributed by atoms with Gasteiger partial charge in [0.2, 0.25) is 10.0 Å². The molecular weight excluding hydrogens is 248 g/mol. The maximum atomic E-state index is 12.5. The molecule has 0 amide bonds. The molecule has 2 fully saturated rings. The average Bonchev–Trinajstić information content (AvgIpc) is 2.40. The lowest BCUT2D eigenvalue weighted by Crippen LogP contribution is -2.47. The van der Waals surface area contributed by atoms with Crippen molar-refractivity contribution < 1.29 is 8.42 Å². The lowest BCUT2D eigenvalue weighted by Gasteiger charge is -2.36. The Bertz CT molecular complexity index is 353. The van der Waals surface area contributed by atoms with Gasteiger partial charge in [0.15, 0.2) is 0 Å². The topological polar surface area (TPSA) is 49.4 Å². The third kappa shape index (κ3) is 3.06. The molecule has 0 radical (unpaired) electrons. The van der Waals surface area contributed by atoms with Crippen LogP contribution in [0.25, 0.3) is 0 Å². The predicted molar refractivity (Wildman–Crippen MR) is 73.9 cm³/mol. The Morgan fingerprint density at radius 1 is 1.06 bits per heavy atom. The van der Waals surface area contributed by atoms with Crippen molar-refractivity contribution in [2.24, 2.45) is 11.8 Å². The smallest absolute Gasteiger partial charge is 0.217 e. The highest BCUT2D eigenvalue weighted by Crippen LogP contribution is 2.28. The molecule has 0 saturated carbocycles. The van der Waals surface area contributed by atoms with Gasteiger partial charge in [-0.25, -0.2) is 12.7 Å². The van der Waals surface area contributed by atoms with E-state index in [1.807, 2.05) is 0 Å². The van der Waals surface area contributed by atoms with Gasteiger partial charge in [0.1, 0.15) is 0 Å². The highest BCUT2D eigenvalue weighted by molar-refractivity contribution is 7.89. The fourth-order valence-electron chi connectivity index (χ4n) is 3.10. The Morgan fingerprint density at radius 2 is 1.61 bits per heavy atom. The van der Waals surface area contributed by atoms with Crippen LogP contribution in [0.3, 0.4) is 0 Å². The summed E-state index contributed by atoms with van der Waals surface area (Å²) in [5, 5.41) is 3.08. The van der Waals surface area contributed by atoms with Crippen LogP contribution in [-0.4, -0.2) is 44.2 Å². The Labute approximate surface area is 111 Å².